The van der Waals surface area contributed by atoms with Crippen molar-refractivity contribution in [2.45, 2.75) is 26.8 Å². The number of nitrogens with zero attached hydrogens (tertiary/aromatic N) is 3. The molecular formula is C28H34N4O5. The van der Waals surface area contributed by atoms with Gasteiger partial charge in [-0.3, -0.25) is 14.7 Å². The van der Waals surface area contributed by atoms with E-state index in [4.69, 9.17) is 9.47 Å². The number of ether oxygens (including phenoxy) is 2. The van der Waals surface area contributed by atoms with Crippen LogP contribution in [0.1, 0.15) is 36.8 Å². The molecule has 4 rings (SSSR count). The number of aromatic nitrogens is 1. The molecule has 1 atom stereocenters. The molecule has 0 radical (unpaired) electrons. The summed E-state index contributed by atoms with van der Waals surface area (Å²) >= 11 is 0. The molecule has 3 heterocycles. The fourth-order valence-corrected chi connectivity index (χ4v) is 4.74. The van der Waals surface area contributed by atoms with E-state index in [1.54, 1.807) is 48.4 Å². The van der Waals surface area contributed by atoms with E-state index in [9.17, 15) is 14.4 Å². The fraction of sp³-hybridized carbons (Fsp3) is 0.429. The summed E-state index contributed by atoms with van der Waals surface area (Å²) in [7, 11) is 0. The van der Waals surface area contributed by atoms with Crippen LogP contribution in [-0.2, 0) is 14.3 Å². The summed E-state index contributed by atoms with van der Waals surface area (Å²) in [6, 6.07) is 11.4. The zero-order valence-corrected chi connectivity index (χ0v) is 21.6. The Morgan fingerprint density at radius 3 is 2.54 bits per heavy atom. The predicted octanol–water partition coefficient (Wildman–Crippen LogP) is 3.49. The number of morpholine rings is 1. The molecule has 9 nitrogen and oxygen atoms in total. The number of anilines is 1. The normalized spacial score (nSPS) is 21.1. The minimum Gasteiger partial charge on any atom is -0.462 e. The van der Waals surface area contributed by atoms with Gasteiger partial charge in [-0.2, -0.15) is 0 Å². The van der Waals surface area contributed by atoms with Gasteiger partial charge in [-0.05, 0) is 49.4 Å². The first kappa shape index (κ1) is 26.5. The molecule has 0 spiro atoms. The second kappa shape index (κ2) is 11.7. The van der Waals surface area contributed by atoms with Gasteiger partial charge in [0.05, 0.1) is 43.7 Å². The van der Waals surface area contributed by atoms with Crippen molar-refractivity contribution < 1.29 is 23.9 Å². The number of likely N-dealkylation sites (tertiary alicyclic amines) is 1. The van der Waals surface area contributed by atoms with Gasteiger partial charge < -0.3 is 19.7 Å². The summed E-state index contributed by atoms with van der Waals surface area (Å²) in [5.74, 6) is -0.397. The van der Waals surface area contributed by atoms with Crippen molar-refractivity contribution in [2.24, 2.45) is 5.41 Å². The third-order valence-electron chi connectivity index (χ3n) is 6.88. The van der Waals surface area contributed by atoms with E-state index in [1.165, 1.54) is 0 Å². The lowest BCUT2D eigenvalue weighted by atomic mass is 9.73. The van der Waals surface area contributed by atoms with Gasteiger partial charge in [-0.1, -0.05) is 19.9 Å². The van der Waals surface area contributed by atoms with Crippen LogP contribution in [0.5, 0.6) is 0 Å². The molecule has 2 amide bonds. The Morgan fingerprint density at radius 1 is 1.16 bits per heavy atom. The van der Waals surface area contributed by atoms with Crippen molar-refractivity contribution in [3.63, 3.8) is 0 Å². The van der Waals surface area contributed by atoms with Crippen molar-refractivity contribution in [1.82, 2.24) is 14.8 Å². The number of esters is 1. The van der Waals surface area contributed by atoms with E-state index in [0.717, 1.165) is 13.1 Å². The number of nitrogens with one attached hydrogen (secondary N) is 1. The molecule has 0 saturated carbocycles. The number of carbonyl (C=O) groups is 3. The first-order valence-electron chi connectivity index (χ1n) is 12.6. The SMILES string of the molecule is CCOC(=O)c1ccc(NC(=O)N2CC(=Cc3ccccn3)C(=O)C(C)(C)C2CN2CCOCC2)cc1. The standard InChI is InChI=1S/C28H34N4O5/c1-4-37-26(34)20-8-10-22(11-9-20)30-27(35)32-18-21(17-23-7-5-6-12-29-23)25(33)28(2,3)24(32)19-31-13-15-36-16-14-31/h5-12,17,24H,4,13-16,18-19H2,1-3H3,(H,30,35). The molecule has 1 aromatic heterocycles. The molecule has 2 aliphatic rings. The van der Waals surface area contributed by atoms with Crippen LogP contribution in [0.2, 0.25) is 0 Å². The van der Waals surface area contributed by atoms with Gasteiger partial charge in [0.2, 0.25) is 0 Å². The molecule has 9 heteroatoms. The van der Waals surface area contributed by atoms with E-state index in [-0.39, 0.29) is 24.4 Å². The van der Waals surface area contributed by atoms with Crippen molar-refractivity contribution in [3.8, 4) is 0 Å². The van der Waals surface area contributed by atoms with Crippen molar-refractivity contribution in [2.75, 3.05) is 51.3 Å². The lowest BCUT2D eigenvalue weighted by Gasteiger charge is -2.48. The number of hydrogen-bond acceptors (Lipinski definition) is 7. The van der Waals surface area contributed by atoms with Crippen LogP contribution >= 0.6 is 0 Å². The summed E-state index contributed by atoms with van der Waals surface area (Å²) in [6.07, 6.45) is 3.44. The Balaban J connectivity index is 1.60. The molecule has 2 saturated heterocycles. The van der Waals surface area contributed by atoms with Gasteiger partial charge >= 0.3 is 12.0 Å². The van der Waals surface area contributed by atoms with Crippen LogP contribution in [0.3, 0.4) is 0 Å². The number of hydrogen-bond donors (Lipinski definition) is 1. The molecule has 196 valence electrons. The van der Waals surface area contributed by atoms with Gasteiger partial charge in [0.15, 0.2) is 5.78 Å². The van der Waals surface area contributed by atoms with Crippen LogP contribution in [0.15, 0.2) is 54.2 Å². The summed E-state index contributed by atoms with van der Waals surface area (Å²) in [4.78, 5) is 47.6. The van der Waals surface area contributed by atoms with Gasteiger partial charge in [0.25, 0.3) is 0 Å². The largest absolute Gasteiger partial charge is 0.462 e. The summed E-state index contributed by atoms with van der Waals surface area (Å²) < 4.78 is 10.5. The first-order valence-corrected chi connectivity index (χ1v) is 12.6. The molecule has 2 aliphatic heterocycles. The van der Waals surface area contributed by atoms with Gasteiger partial charge in [-0.25, -0.2) is 9.59 Å². The van der Waals surface area contributed by atoms with Gasteiger partial charge in [0, 0.05) is 42.5 Å². The molecule has 0 bridgehead atoms. The summed E-state index contributed by atoms with van der Waals surface area (Å²) in [5, 5.41) is 2.95. The van der Waals surface area contributed by atoms with Crippen LogP contribution in [-0.4, -0.2) is 84.6 Å². The summed E-state index contributed by atoms with van der Waals surface area (Å²) in [6.45, 7) is 9.34. The number of pyridine rings is 1. The highest BCUT2D eigenvalue weighted by Crippen LogP contribution is 2.36. The minimum absolute atomic E-state index is 0.0132. The molecule has 1 aromatic carbocycles. The number of urea groups is 1. The van der Waals surface area contributed by atoms with E-state index in [2.05, 4.69) is 15.2 Å². The predicted molar refractivity (Wildman–Crippen MR) is 140 cm³/mol. The van der Waals surface area contributed by atoms with Crippen molar-refractivity contribution >= 4 is 29.5 Å². The number of rotatable bonds is 6. The fourth-order valence-electron chi connectivity index (χ4n) is 4.74. The molecule has 0 aliphatic carbocycles. The molecular weight excluding hydrogens is 472 g/mol. The van der Waals surface area contributed by atoms with Crippen molar-refractivity contribution in [3.05, 3.63) is 65.5 Å². The minimum atomic E-state index is -0.817. The smallest absolute Gasteiger partial charge is 0.338 e. The number of benzene rings is 1. The van der Waals surface area contributed by atoms with Gasteiger partial charge in [-0.15, -0.1) is 0 Å². The van der Waals surface area contributed by atoms with Crippen LogP contribution < -0.4 is 5.32 Å². The molecule has 2 aromatic rings. The average molecular weight is 507 g/mol. The topological polar surface area (TPSA) is 101 Å². The van der Waals surface area contributed by atoms with E-state index < -0.39 is 11.4 Å². The lowest BCUT2D eigenvalue weighted by Crippen LogP contribution is -2.62. The zero-order chi connectivity index (χ0) is 26.4. The van der Waals surface area contributed by atoms with Gasteiger partial charge in [0.1, 0.15) is 0 Å². The molecule has 37 heavy (non-hydrogen) atoms. The van der Waals surface area contributed by atoms with Crippen molar-refractivity contribution in [1.29, 1.82) is 0 Å². The number of Topliss-reactive ketones (excluding diaryl/α,β-unsaturated/α-hetero) is 1. The molecule has 1 N–H and O–H groups in total. The Labute approximate surface area is 217 Å². The van der Waals surface area contributed by atoms with E-state index in [0.29, 0.717) is 48.9 Å². The third kappa shape index (κ3) is 6.23. The summed E-state index contributed by atoms with van der Waals surface area (Å²) in [5.41, 5.74) is 1.35. The Morgan fingerprint density at radius 2 is 1.89 bits per heavy atom. The lowest BCUT2D eigenvalue weighted by molar-refractivity contribution is -0.129. The van der Waals surface area contributed by atoms with Crippen LogP contribution in [0, 0.1) is 5.41 Å². The Hall–Kier alpha value is -3.56. The average Bonchev–Trinajstić information content (AvgIpc) is 2.90. The maximum atomic E-state index is 13.7. The first-order chi connectivity index (χ1) is 17.8. The molecule has 1 unspecified atom stereocenters. The van der Waals surface area contributed by atoms with Crippen LogP contribution in [0.25, 0.3) is 6.08 Å². The highest BCUT2D eigenvalue weighted by Gasteiger charge is 2.48. The zero-order valence-electron chi connectivity index (χ0n) is 21.6. The Kier molecular flexibility index (Phi) is 8.35. The van der Waals surface area contributed by atoms with E-state index in [1.807, 2.05) is 32.0 Å². The quantitative estimate of drug-likeness (QED) is 0.473. The monoisotopic (exact) mass is 506 g/mol. The number of ketones is 1. The maximum Gasteiger partial charge on any atom is 0.338 e. The Bertz CT molecular complexity index is 1140. The van der Waals surface area contributed by atoms with E-state index >= 15 is 0 Å². The third-order valence-corrected chi connectivity index (χ3v) is 6.88. The second-order valence-electron chi connectivity index (χ2n) is 9.76. The number of piperidine rings is 1. The second-order valence-corrected chi connectivity index (χ2v) is 9.76. The molecule has 2 fully saturated rings. The van der Waals surface area contributed by atoms with Crippen LogP contribution in [0.4, 0.5) is 10.5 Å². The highest BCUT2D eigenvalue weighted by molar-refractivity contribution is 6.06. The highest BCUT2D eigenvalue weighted by atomic mass is 16.5. The number of amides is 2. The maximum absolute atomic E-state index is 13.7. The number of carbonyl (C=O) groups excluding carboxylic acids is 3.